The van der Waals surface area contributed by atoms with Gasteiger partial charge < -0.3 is 14.8 Å². The standard InChI is InChI=1S/C14H21NO3/c1-2-10-4-3-5-12(8-10)15-9-11-6-7-18-13(11)14(16)17/h6-7,10,12,15H,2-5,8-9H2,1H3,(H,16,17). The molecule has 100 valence electrons. The summed E-state index contributed by atoms with van der Waals surface area (Å²) >= 11 is 0. The van der Waals surface area contributed by atoms with E-state index in [1.54, 1.807) is 6.07 Å². The number of carboxylic acids is 1. The van der Waals surface area contributed by atoms with Crippen molar-refractivity contribution in [1.82, 2.24) is 5.32 Å². The first-order valence-corrected chi connectivity index (χ1v) is 6.73. The molecule has 0 aliphatic heterocycles. The maximum atomic E-state index is 10.9. The Morgan fingerprint density at radius 1 is 1.56 bits per heavy atom. The van der Waals surface area contributed by atoms with E-state index in [1.807, 2.05) is 0 Å². The van der Waals surface area contributed by atoms with Crippen LogP contribution in [-0.4, -0.2) is 17.1 Å². The van der Waals surface area contributed by atoms with Crippen LogP contribution < -0.4 is 5.32 Å². The maximum absolute atomic E-state index is 10.9. The summed E-state index contributed by atoms with van der Waals surface area (Å²) in [5.74, 6) is -0.114. The van der Waals surface area contributed by atoms with E-state index in [4.69, 9.17) is 9.52 Å². The molecule has 18 heavy (non-hydrogen) atoms. The average molecular weight is 251 g/mol. The Bertz CT molecular complexity index is 399. The average Bonchev–Trinajstić information content (AvgIpc) is 2.85. The van der Waals surface area contributed by atoms with Crippen LogP contribution in [0.4, 0.5) is 0 Å². The molecular formula is C14H21NO3. The smallest absolute Gasteiger partial charge is 0.372 e. The third-order valence-electron chi connectivity index (χ3n) is 3.88. The first-order chi connectivity index (χ1) is 8.70. The number of aromatic carboxylic acids is 1. The van der Waals surface area contributed by atoms with Crippen LogP contribution >= 0.6 is 0 Å². The van der Waals surface area contributed by atoms with E-state index in [0.717, 1.165) is 11.5 Å². The zero-order valence-corrected chi connectivity index (χ0v) is 10.8. The minimum absolute atomic E-state index is 0.0605. The highest BCUT2D eigenvalue weighted by atomic mass is 16.4. The summed E-state index contributed by atoms with van der Waals surface area (Å²) in [5, 5.41) is 12.4. The van der Waals surface area contributed by atoms with Gasteiger partial charge in [-0.05, 0) is 24.8 Å². The number of hydrogen-bond acceptors (Lipinski definition) is 3. The number of rotatable bonds is 5. The van der Waals surface area contributed by atoms with Gasteiger partial charge >= 0.3 is 5.97 Å². The molecule has 0 amide bonds. The van der Waals surface area contributed by atoms with E-state index in [9.17, 15) is 4.79 Å². The van der Waals surface area contributed by atoms with Gasteiger partial charge in [-0.25, -0.2) is 4.79 Å². The topological polar surface area (TPSA) is 62.5 Å². The molecule has 1 fully saturated rings. The molecule has 1 aliphatic rings. The fourth-order valence-corrected chi connectivity index (χ4v) is 2.76. The number of furan rings is 1. The second-order valence-corrected chi connectivity index (χ2v) is 5.10. The molecular weight excluding hydrogens is 230 g/mol. The molecule has 0 saturated heterocycles. The van der Waals surface area contributed by atoms with Crippen molar-refractivity contribution in [2.24, 2.45) is 5.92 Å². The van der Waals surface area contributed by atoms with Gasteiger partial charge in [-0.1, -0.05) is 26.2 Å². The largest absolute Gasteiger partial charge is 0.475 e. The predicted molar refractivity (Wildman–Crippen MR) is 68.5 cm³/mol. The second kappa shape index (κ2) is 6.05. The van der Waals surface area contributed by atoms with E-state index >= 15 is 0 Å². The van der Waals surface area contributed by atoms with Crippen molar-refractivity contribution in [3.8, 4) is 0 Å². The molecule has 4 heteroatoms. The lowest BCUT2D eigenvalue weighted by molar-refractivity contribution is 0.0660. The number of carbonyl (C=O) groups is 1. The Labute approximate surface area is 107 Å². The number of nitrogens with one attached hydrogen (secondary N) is 1. The van der Waals surface area contributed by atoms with Crippen molar-refractivity contribution in [2.75, 3.05) is 0 Å². The summed E-state index contributed by atoms with van der Waals surface area (Å²) in [6, 6.07) is 2.25. The first kappa shape index (κ1) is 13.1. The van der Waals surface area contributed by atoms with Gasteiger partial charge in [0.05, 0.1) is 6.26 Å². The molecule has 1 aliphatic carbocycles. The summed E-state index contributed by atoms with van der Waals surface area (Å²) in [6.45, 7) is 2.82. The second-order valence-electron chi connectivity index (χ2n) is 5.10. The van der Waals surface area contributed by atoms with E-state index in [2.05, 4.69) is 12.2 Å². The zero-order valence-electron chi connectivity index (χ0n) is 10.8. The van der Waals surface area contributed by atoms with Gasteiger partial charge in [-0.2, -0.15) is 0 Å². The normalized spacial score (nSPS) is 24.1. The SMILES string of the molecule is CCC1CCCC(NCc2ccoc2C(=O)O)C1. The van der Waals surface area contributed by atoms with Crippen molar-refractivity contribution >= 4 is 5.97 Å². The molecule has 0 spiro atoms. The van der Waals surface area contributed by atoms with Gasteiger partial charge in [0.1, 0.15) is 0 Å². The summed E-state index contributed by atoms with van der Waals surface area (Å²) in [6.07, 6.45) is 7.68. The summed E-state index contributed by atoms with van der Waals surface area (Å²) in [5.41, 5.74) is 0.737. The maximum Gasteiger partial charge on any atom is 0.372 e. The first-order valence-electron chi connectivity index (χ1n) is 6.73. The van der Waals surface area contributed by atoms with Crippen LogP contribution in [0.3, 0.4) is 0 Å². The number of carboxylic acid groups (broad SMARTS) is 1. The van der Waals surface area contributed by atoms with Crippen LogP contribution in [0.25, 0.3) is 0 Å². The van der Waals surface area contributed by atoms with Crippen molar-refractivity contribution in [2.45, 2.75) is 51.6 Å². The molecule has 1 heterocycles. The quantitative estimate of drug-likeness (QED) is 0.844. The fraction of sp³-hybridized carbons (Fsp3) is 0.643. The van der Waals surface area contributed by atoms with Crippen LogP contribution in [0.2, 0.25) is 0 Å². The molecule has 1 aromatic heterocycles. The Balaban J connectivity index is 1.87. The lowest BCUT2D eigenvalue weighted by Crippen LogP contribution is -2.33. The lowest BCUT2D eigenvalue weighted by atomic mass is 9.84. The molecule has 0 aromatic carbocycles. The molecule has 2 rings (SSSR count). The Morgan fingerprint density at radius 3 is 3.11 bits per heavy atom. The van der Waals surface area contributed by atoms with Crippen LogP contribution in [0.15, 0.2) is 16.7 Å². The van der Waals surface area contributed by atoms with E-state index in [-0.39, 0.29) is 5.76 Å². The van der Waals surface area contributed by atoms with Crippen LogP contribution in [0, 0.1) is 5.92 Å². The molecule has 0 radical (unpaired) electrons. The van der Waals surface area contributed by atoms with Gasteiger partial charge in [-0.15, -0.1) is 0 Å². The monoisotopic (exact) mass is 251 g/mol. The molecule has 4 nitrogen and oxygen atoms in total. The lowest BCUT2D eigenvalue weighted by Gasteiger charge is -2.29. The summed E-state index contributed by atoms with van der Waals surface area (Å²) < 4.78 is 4.97. The zero-order chi connectivity index (χ0) is 13.0. The van der Waals surface area contributed by atoms with Gasteiger partial charge in [0.2, 0.25) is 5.76 Å². The Kier molecular flexibility index (Phi) is 4.42. The van der Waals surface area contributed by atoms with Crippen molar-refractivity contribution < 1.29 is 14.3 Å². The minimum Gasteiger partial charge on any atom is -0.475 e. The van der Waals surface area contributed by atoms with Crippen LogP contribution in [0.1, 0.15) is 55.1 Å². The van der Waals surface area contributed by atoms with E-state index in [0.29, 0.717) is 12.6 Å². The van der Waals surface area contributed by atoms with Gasteiger partial charge in [0.15, 0.2) is 0 Å². The molecule has 1 saturated carbocycles. The van der Waals surface area contributed by atoms with Crippen LogP contribution in [-0.2, 0) is 6.54 Å². The highest BCUT2D eigenvalue weighted by Gasteiger charge is 2.21. The fourth-order valence-electron chi connectivity index (χ4n) is 2.76. The van der Waals surface area contributed by atoms with Crippen LogP contribution in [0.5, 0.6) is 0 Å². The van der Waals surface area contributed by atoms with Gasteiger partial charge in [0, 0.05) is 18.2 Å². The van der Waals surface area contributed by atoms with Gasteiger partial charge in [0.25, 0.3) is 0 Å². The third-order valence-corrected chi connectivity index (χ3v) is 3.88. The number of hydrogen-bond donors (Lipinski definition) is 2. The van der Waals surface area contributed by atoms with Crippen molar-refractivity contribution in [3.05, 3.63) is 23.7 Å². The van der Waals surface area contributed by atoms with Crippen molar-refractivity contribution in [1.29, 1.82) is 0 Å². The molecule has 1 aromatic rings. The Hall–Kier alpha value is -1.29. The molecule has 0 bridgehead atoms. The molecule has 2 atom stereocenters. The molecule has 2 N–H and O–H groups in total. The third kappa shape index (κ3) is 3.13. The van der Waals surface area contributed by atoms with E-state index < -0.39 is 5.97 Å². The highest BCUT2D eigenvalue weighted by Crippen LogP contribution is 2.26. The molecule has 2 unspecified atom stereocenters. The summed E-state index contributed by atoms with van der Waals surface area (Å²) in [7, 11) is 0. The van der Waals surface area contributed by atoms with Gasteiger partial charge in [-0.3, -0.25) is 0 Å². The predicted octanol–water partition coefficient (Wildman–Crippen LogP) is 3.04. The van der Waals surface area contributed by atoms with Crippen molar-refractivity contribution in [3.63, 3.8) is 0 Å². The Morgan fingerprint density at radius 2 is 2.39 bits per heavy atom. The highest BCUT2D eigenvalue weighted by molar-refractivity contribution is 5.86. The van der Waals surface area contributed by atoms with E-state index in [1.165, 1.54) is 38.4 Å². The minimum atomic E-state index is -0.994. The summed E-state index contributed by atoms with van der Waals surface area (Å²) in [4.78, 5) is 10.9.